The summed E-state index contributed by atoms with van der Waals surface area (Å²) in [5.41, 5.74) is 0.869. The highest BCUT2D eigenvalue weighted by Gasteiger charge is 2.64. The van der Waals surface area contributed by atoms with E-state index in [1.807, 2.05) is 6.92 Å². The van der Waals surface area contributed by atoms with Crippen LogP contribution in [0.5, 0.6) is 0 Å². The zero-order valence-corrected chi connectivity index (χ0v) is 8.31. The molecule has 11 heavy (non-hydrogen) atoms. The Labute approximate surface area is 69.8 Å². The van der Waals surface area contributed by atoms with Crippen LogP contribution in [0, 0.1) is 16.7 Å². The van der Waals surface area contributed by atoms with Crippen LogP contribution in [0.2, 0.25) is 0 Å². The van der Waals surface area contributed by atoms with E-state index in [1.165, 1.54) is 0 Å². The monoisotopic (exact) mass is 156 g/mol. The van der Waals surface area contributed by atoms with E-state index in [1.54, 1.807) is 0 Å². The Morgan fingerprint density at radius 3 is 1.64 bits per heavy atom. The van der Waals surface area contributed by atoms with Crippen LogP contribution in [0.25, 0.3) is 0 Å². The first kappa shape index (κ1) is 9.05. The molecule has 0 radical (unpaired) electrons. The molecule has 0 saturated heterocycles. The lowest BCUT2D eigenvalue weighted by molar-refractivity contribution is 0.169. The van der Waals surface area contributed by atoms with Gasteiger partial charge in [-0.3, -0.25) is 0 Å². The van der Waals surface area contributed by atoms with Gasteiger partial charge in [-0.2, -0.15) is 0 Å². The summed E-state index contributed by atoms with van der Waals surface area (Å²) < 4.78 is 0. The molecular formula is C10H20O. The van der Waals surface area contributed by atoms with Gasteiger partial charge >= 0.3 is 0 Å². The predicted octanol–water partition coefficient (Wildman–Crippen LogP) is 2.44. The van der Waals surface area contributed by atoms with Crippen molar-refractivity contribution in [3.05, 3.63) is 0 Å². The third-order valence-electron chi connectivity index (χ3n) is 3.90. The zero-order valence-electron chi connectivity index (χ0n) is 8.31. The van der Waals surface area contributed by atoms with Gasteiger partial charge in [0.2, 0.25) is 0 Å². The summed E-state index contributed by atoms with van der Waals surface area (Å²) in [5, 5.41) is 9.23. The molecule has 0 heterocycles. The molecule has 1 N–H and O–H groups in total. The quantitative estimate of drug-likeness (QED) is 0.651. The van der Waals surface area contributed by atoms with Gasteiger partial charge in [0.05, 0.1) is 6.10 Å². The molecule has 0 amide bonds. The lowest BCUT2D eigenvalue weighted by atomic mass is 10.0. The molecule has 1 rings (SSSR count). The number of aliphatic hydroxyl groups excluding tert-OH is 1. The van der Waals surface area contributed by atoms with E-state index in [2.05, 4.69) is 27.7 Å². The Hall–Kier alpha value is -0.0400. The molecule has 1 nitrogen and oxygen atoms in total. The third kappa shape index (κ3) is 1.20. The van der Waals surface area contributed by atoms with Crippen LogP contribution in [0.3, 0.4) is 0 Å². The van der Waals surface area contributed by atoms with Crippen molar-refractivity contribution >= 4 is 0 Å². The summed E-state index contributed by atoms with van der Waals surface area (Å²) >= 11 is 0. The normalized spacial score (nSPS) is 30.0. The number of aliphatic hydroxyl groups is 1. The smallest absolute Gasteiger partial charge is 0.0515 e. The summed E-state index contributed by atoms with van der Waals surface area (Å²) in [6, 6.07) is 0. The molecule has 0 aromatic heterocycles. The Balaban J connectivity index is 2.54. The van der Waals surface area contributed by atoms with E-state index in [0.717, 1.165) is 6.42 Å². The fraction of sp³-hybridized carbons (Fsp3) is 1.00. The highest BCUT2D eigenvalue weighted by Crippen LogP contribution is 2.69. The first-order chi connectivity index (χ1) is 4.80. The summed E-state index contributed by atoms with van der Waals surface area (Å²) in [6.07, 6.45) is 0.820. The van der Waals surface area contributed by atoms with Gasteiger partial charge < -0.3 is 5.11 Å². The Morgan fingerprint density at radius 1 is 1.18 bits per heavy atom. The van der Waals surface area contributed by atoms with Crippen molar-refractivity contribution in [2.75, 3.05) is 0 Å². The molecule has 0 bridgehead atoms. The standard InChI is InChI=1S/C10H20O/c1-7(11)6-8-9(2,3)10(8,4)5/h7-8,11H,6H2,1-5H3. The fourth-order valence-corrected chi connectivity index (χ4v) is 2.26. The molecule has 0 aromatic rings. The van der Waals surface area contributed by atoms with Crippen molar-refractivity contribution in [1.82, 2.24) is 0 Å². The lowest BCUT2D eigenvalue weighted by Gasteiger charge is -2.04. The van der Waals surface area contributed by atoms with Crippen LogP contribution in [0.4, 0.5) is 0 Å². The van der Waals surface area contributed by atoms with Crippen LogP contribution in [0.15, 0.2) is 0 Å². The van der Waals surface area contributed by atoms with Crippen molar-refractivity contribution in [3.8, 4) is 0 Å². The molecule has 1 fully saturated rings. The van der Waals surface area contributed by atoms with Gasteiger partial charge in [-0.1, -0.05) is 27.7 Å². The molecule has 1 unspecified atom stereocenters. The predicted molar refractivity (Wildman–Crippen MR) is 47.3 cm³/mol. The minimum absolute atomic E-state index is 0.138. The number of hydrogen-bond acceptors (Lipinski definition) is 1. The molecule has 1 aliphatic rings. The van der Waals surface area contributed by atoms with Gasteiger partial charge in [0, 0.05) is 0 Å². The lowest BCUT2D eigenvalue weighted by Crippen LogP contribution is -2.03. The van der Waals surface area contributed by atoms with Crippen molar-refractivity contribution in [3.63, 3.8) is 0 Å². The van der Waals surface area contributed by atoms with Crippen molar-refractivity contribution in [2.45, 2.75) is 47.1 Å². The van der Waals surface area contributed by atoms with Crippen molar-refractivity contribution < 1.29 is 5.11 Å². The van der Waals surface area contributed by atoms with E-state index in [4.69, 9.17) is 0 Å². The third-order valence-corrected chi connectivity index (χ3v) is 3.90. The van der Waals surface area contributed by atoms with E-state index < -0.39 is 0 Å². The number of hydrogen-bond donors (Lipinski definition) is 1. The largest absolute Gasteiger partial charge is 0.393 e. The second-order valence-electron chi connectivity index (χ2n) is 5.08. The first-order valence-corrected chi connectivity index (χ1v) is 4.48. The molecular weight excluding hydrogens is 136 g/mol. The Bertz CT molecular complexity index is 142. The highest BCUT2D eigenvalue weighted by molar-refractivity contribution is 5.12. The Kier molecular flexibility index (Phi) is 1.83. The molecule has 1 aliphatic carbocycles. The summed E-state index contributed by atoms with van der Waals surface area (Å²) in [4.78, 5) is 0. The van der Waals surface area contributed by atoms with E-state index in [9.17, 15) is 5.11 Å². The van der Waals surface area contributed by atoms with Crippen molar-refractivity contribution in [1.29, 1.82) is 0 Å². The van der Waals surface area contributed by atoms with E-state index in [0.29, 0.717) is 16.7 Å². The maximum absolute atomic E-state index is 9.23. The summed E-state index contributed by atoms with van der Waals surface area (Å²) in [6.45, 7) is 11.0. The molecule has 0 aliphatic heterocycles. The Morgan fingerprint density at radius 2 is 1.55 bits per heavy atom. The second-order valence-corrected chi connectivity index (χ2v) is 5.08. The SMILES string of the molecule is CC(O)CC1C(C)(C)C1(C)C. The van der Waals surface area contributed by atoms with Gasteiger partial charge in [0.15, 0.2) is 0 Å². The van der Waals surface area contributed by atoms with Crippen LogP contribution in [-0.2, 0) is 0 Å². The molecule has 0 aromatic carbocycles. The second kappa shape index (κ2) is 2.22. The zero-order chi connectivity index (χ0) is 8.86. The maximum atomic E-state index is 9.23. The topological polar surface area (TPSA) is 20.2 Å². The van der Waals surface area contributed by atoms with E-state index in [-0.39, 0.29) is 6.10 Å². The van der Waals surface area contributed by atoms with Gasteiger partial charge in [-0.25, -0.2) is 0 Å². The fourth-order valence-electron chi connectivity index (χ4n) is 2.26. The summed E-state index contributed by atoms with van der Waals surface area (Å²) in [5.74, 6) is 0.704. The average molecular weight is 156 g/mol. The minimum Gasteiger partial charge on any atom is -0.393 e. The van der Waals surface area contributed by atoms with Crippen LogP contribution >= 0.6 is 0 Å². The van der Waals surface area contributed by atoms with Gasteiger partial charge in [-0.05, 0) is 30.1 Å². The van der Waals surface area contributed by atoms with Gasteiger partial charge in [0.25, 0.3) is 0 Å². The van der Waals surface area contributed by atoms with Crippen LogP contribution in [-0.4, -0.2) is 11.2 Å². The van der Waals surface area contributed by atoms with Crippen LogP contribution in [0.1, 0.15) is 41.0 Å². The first-order valence-electron chi connectivity index (χ1n) is 4.48. The van der Waals surface area contributed by atoms with Crippen LogP contribution < -0.4 is 0 Å². The molecule has 1 saturated carbocycles. The highest BCUT2D eigenvalue weighted by atomic mass is 16.3. The maximum Gasteiger partial charge on any atom is 0.0515 e. The summed E-state index contributed by atoms with van der Waals surface area (Å²) in [7, 11) is 0. The van der Waals surface area contributed by atoms with Gasteiger partial charge in [0.1, 0.15) is 0 Å². The van der Waals surface area contributed by atoms with Gasteiger partial charge in [-0.15, -0.1) is 0 Å². The molecule has 66 valence electrons. The number of rotatable bonds is 2. The minimum atomic E-state index is -0.138. The molecule has 1 heteroatoms. The molecule has 0 spiro atoms. The van der Waals surface area contributed by atoms with Crippen molar-refractivity contribution in [2.24, 2.45) is 16.7 Å². The van der Waals surface area contributed by atoms with E-state index >= 15 is 0 Å². The molecule has 1 atom stereocenters. The average Bonchev–Trinajstić information content (AvgIpc) is 2.11.